The molecule has 0 saturated heterocycles. The van der Waals surface area contributed by atoms with Crippen LogP contribution in [-0.4, -0.2) is 4.98 Å². The second kappa shape index (κ2) is 2.94. The van der Waals surface area contributed by atoms with Crippen LogP contribution in [0.25, 0.3) is 11.1 Å². The van der Waals surface area contributed by atoms with E-state index in [-0.39, 0.29) is 5.41 Å². The summed E-state index contributed by atoms with van der Waals surface area (Å²) in [5, 5.41) is 0. The molecule has 0 aliphatic heterocycles. The van der Waals surface area contributed by atoms with Crippen molar-refractivity contribution in [3.8, 4) is 11.1 Å². The van der Waals surface area contributed by atoms with Gasteiger partial charge >= 0.3 is 0 Å². The molecule has 1 nitrogen and oxygen atoms in total. The van der Waals surface area contributed by atoms with E-state index in [1.165, 1.54) is 27.8 Å². The Bertz CT molecular complexity index is 567. The predicted molar refractivity (Wildman–Crippen MR) is 66.5 cm³/mol. The Morgan fingerprint density at radius 2 is 1.88 bits per heavy atom. The first-order valence-corrected chi connectivity index (χ1v) is 5.67. The lowest BCUT2D eigenvalue weighted by Crippen LogP contribution is -2.16. The van der Waals surface area contributed by atoms with Crippen LogP contribution in [0.15, 0.2) is 36.7 Å². The Kier molecular flexibility index (Phi) is 1.76. The highest BCUT2D eigenvalue weighted by atomic mass is 14.6. The lowest BCUT2D eigenvalue weighted by molar-refractivity contribution is 0.652. The first kappa shape index (κ1) is 9.59. The highest BCUT2D eigenvalue weighted by molar-refractivity contribution is 5.81. The van der Waals surface area contributed by atoms with Gasteiger partial charge in [0.15, 0.2) is 0 Å². The zero-order valence-corrected chi connectivity index (χ0v) is 9.91. The molecule has 0 atom stereocenters. The largest absolute Gasteiger partial charge is 0.264 e. The molecule has 0 saturated carbocycles. The molecular formula is C15H15N. The summed E-state index contributed by atoms with van der Waals surface area (Å²) in [6, 6.07) is 8.68. The van der Waals surface area contributed by atoms with Gasteiger partial charge < -0.3 is 0 Å². The average molecular weight is 209 g/mol. The zero-order valence-electron chi connectivity index (χ0n) is 9.91. The lowest BCUT2D eigenvalue weighted by Gasteiger charge is -2.22. The maximum absolute atomic E-state index is 4.26. The second-order valence-corrected chi connectivity index (χ2v) is 5.04. The van der Waals surface area contributed by atoms with E-state index in [1.807, 2.05) is 12.4 Å². The third-order valence-corrected chi connectivity index (χ3v) is 3.68. The fourth-order valence-corrected chi connectivity index (χ4v) is 2.98. The maximum atomic E-state index is 4.26. The maximum Gasteiger partial charge on any atom is 0.0314 e. The first-order chi connectivity index (χ1) is 7.62. The van der Waals surface area contributed by atoms with Crippen molar-refractivity contribution in [2.24, 2.45) is 0 Å². The molecule has 1 aliphatic rings. The summed E-state index contributed by atoms with van der Waals surface area (Å²) >= 11 is 0. The van der Waals surface area contributed by atoms with Gasteiger partial charge in [0, 0.05) is 17.8 Å². The van der Waals surface area contributed by atoms with E-state index in [0.717, 1.165) is 0 Å². The quantitative estimate of drug-likeness (QED) is 0.644. The summed E-state index contributed by atoms with van der Waals surface area (Å²) in [4.78, 5) is 4.26. The van der Waals surface area contributed by atoms with Gasteiger partial charge in [0.1, 0.15) is 0 Å². The Hall–Kier alpha value is -1.63. The third-order valence-electron chi connectivity index (χ3n) is 3.68. The van der Waals surface area contributed by atoms with Crippen molar-refractivity contribution in [3.05, 3.63) is 53.3 Å². The number of aromatic nitrogens is 1. The summed E-state index contributed by atoms with van der Waals surface area (Å²) < 4.78 is 0. The summed E-state index contributed by atoms with van der Waals surface area (Å²) in [5.41, 5.74) is 6.99. The van der Waals surface area contributed by atoms with E-state index in [0.29, 0.717) is 0 Å². The molecule has 1 heteroatoms. The monoisotopic (exact) mass is 209 g/mol. The van der Waals surface area contributed by atoms with E-state index in [9.17, 15) is 0 Å². The molecule has 0 bridgehead atoms. The standard InChI is InChI=1S/C15H15N/c1-10-5-4-6-12-11-7-8-16-9-13(11)15(2,3)14(10)12/h4-9H,1-3H3. The number of rotatable bonds is 0. The lowest BCUT2D eigenvalue weighted by atomic mass is 9.81. The normalized spacial score (nSPS) is 15.7. The molecule has 0 spiro atoms. The minimum atomic E-state index is 0.0876. The fraction of sp³-hybridized carbons (Fsp3) is 0.267. The molecule has 80 valence electrons. The van der Waals surface area contributed by atoms with E-state index in [2.05, 4.69) is 50.0 Å². The summed E-state index contributed by atoms with van der Waals surface area (Å²) in [5.74, 6) is 0. The van der Waals surface area contributed by atoms with Crippen LogP contribution in [-0.2, 0) is 5.41 Å². The number of pyridine rings is 1. The predicted octanol–water partition coefficient (Wildman–Crippen LogP) is 3.70. The molecule has 0 fully saturated rings. The number of hydrogen-bond donors (Lipinski definition) is 0. The summed E-state index contributed by atoms with van der Waals surface area (Å²) in [6.07, 6.45) is 3.89. The number of benzene rings is 1. The van der Waals surface area contributed by atoms with E-state index in [1.54, 1.807) is 0 Å². The van der Waals surface area contributed by atoms with E-state index in [4.69, 9.17) is 0 Å². The van der Waals surface area contributed by atoms with Crippen molar-refractivity contribution in [1.29, 1.82) is 0 Å². The molecule has 1 aliphatic carbocycles. The fourth-order valence-electron chi connectivity index (χ4n) is 2.98. The second-order valence-electron chi connectivity index (χ2n) is 5.04. The summed E-state index contributed by atoms with van der Waals surface area (Å²) in [7, 11) is 0. The van der Waals surface area contributed by atoms with Gasteiger partial charge in [-0.25, -0.2) is 0 Å². The van der Waals surface area contributed by atoms with E-state index < -0.39 is 0 Å². The first-order valence-electron chi connectivity index (χ1n) is 5.67. The molecule has 16 heavy (non-hydrogen) atoms. The van der Waals surface area contributed by atoms with Crippen molar-refractivity contribution in [1.82, 2.24) is 4.98 Å². The van der Waals surface area contributed by atoms with Gasteiger partial charge in [0.25, 0.3) is 0 Å². The zero-order chi connectivity index (χ0) is 11.3. The van der Waals surface area contributed by atoms with Crippen LogP contribution in [0, 0.1) is 6.92 Å². The Balaban J connectivity index is 2.44. The van der Waals surface area contributed by atoms with Crippen LogP contribution in [0.2, 0.25) is 0 Å². The topological polar surface area (TPSA) is 12.9 Å². The average Bonchev–Trinajstić information content (AvgIpc) is 2.50. The number of aryl methyl sites for hydroxylation is 1. The van der Waals surface area contributed by atoms with Crippen molar-refractivity contribution in [2.75, 3.05) is 0 Å². The minimum absolute atomic E-state index is 0.0876. The van der Waals surface area contributed by atoms with Gasteiger partial charge in [0.2, 0.25) is 0 Å². The Morgan fingerprint density at radius 1 is 1.06 bits per heavy atom. The van der Waals surface area contributed by atoms with Gasteiger partial charge in [-0.05, 0) is 40.8 Å². The Labute approximate surface area is 96.2 Å². The molecule has 1 aromatic carbocycles. The number of nitrogens with zero attached hydrogens (tertiary/aromatic N) is 1. The van der Waals surface area contributed by atoms with Crippen LogP contribution in [0.1, 0.15) is 30.5 Å². The molecule has 0 radical (unpaired) electrons. The molecule has 1 aromatic heterocycles. The smallest absolute Gasteiger partial charge is 0.0314 e. The van der Waals surface area contributed by atoms with Crippen molar-refractivity contribution >= 4 is 0 Å². The molecule has 3 rings (SSSR count). The van der Waals surface area contributed by atoms with Gasteiger partial charge in [-0.15, -0.1) is 0 Å². The van der Waals surface area contributed by atoms with Crippen LogP contribution in [0.3, 0.4) is 0 Å². The minimum Gasteiger partial charge on any atom is -0.264 e. The van der Waals surface area contributed by atoms with E-state index >= 15 is 0 Å². The van der Waals surface area contributed by atoms with Crippen LogP contribution in [0.5, 0.6) is 0 Å². The van der Waals surface area contributed by atoms with Gasteiger partial charge in [-0.1, -0.05) is 32.0 Å². The molecule has 0 unspecified atom stereocenters. The van der Waals surface area contributed by atoms with Gasteiger partial charge in [-0.3, -0.25) is 4.98 Å². The molecule has 2 aromatic rings. The van der Waals surface area contributed by atoms with Gasteiger partial charge in [-0.2, -0.15) is 0 Å². The molecular weight excluding hydrogens is 194 g/mol. The van der Waals surface area contributed by atoms with Crippen molar-refractivity contribution < 1.29 is 0 Å². The van der Waals surface area contributed by atoms with Gasteiger partial charge in [0.05, 0.1) is 0 Å². The Morgan fingerprint density at radius 3 is 2.69 bits per heavy atom. The highest BCUT2D eigenvalue weighted by Crippen LogP contribution is 2.49. The van der Waals surface area contributed by atoms with Crippen LogP contribution >= 0.6 is 0 Å². The molecule has 0 N–H and O–H groups in total. The number of hydrogen-bond acceptors (Lipinski definition) is 1. The molecule has 0 amide bonds. The summed E-state index contributed by atoms with van der Waals surface area (Å²) in [6.45, 7) is 6.76. The number of fused-ring (bicyclic) bond motifs is 3. The SMILES string of the molecule is Cc1cccc2c1C(C)(C)c1cnccc1-2. The molecule has 1 heterocycles. The van der Waals surface area contributed by atoms with Crippen molar-refractivity contribution in [3.63, 3.8) is 0 Å². The highest BCUT2D eigenvalue weighted by Gasteiger charge is 2.36. The van der Waals surface area contributed by atoms with Crippen LogP contribution in [0.4, 0.5) is 0 Å². The van der Waals surface area contributed by atoms with Crippen LogP contribution < -0.4 is 0 Å². The van der Waals surface area contributed by atoms with Crippen molar-refractivity contribution in [2.45, 2.75) is 26.2 Å². The third kappa shape index (κ3) is 1.03.